The zero-order chi connectivity index (χ0) is 22.1. The van der Waals surface area contributed by atoms with Crippen molar-refractivity contribution in [1.82, 2.24) is 19.9 Å². The van der Waals surface area contributed by atoms with Gasteiger partial charge in [0.05, 0.1) is 24.2 Å². The van der Waals surface area contributed by atoms with Gasteiger partial charge < -0.3 is 9.72 Å². The number of rotatable bonds is 7. The van der Waals surface area contributed by atoms with Crippen LogP contribution in [0.1, 0.15) is 61.6 Å². The Balaban J connectivity index is 1.32. The van der Waals surface area contributed by atoms with Crippen LogP contribution < -0.4 is 4.74 Å². The fourth-order valence-electron chi connectivity index (χ4n) is 5.18. The van der Waals surface area contributed by atoms with Crippen LogP contribution in [0.3, 0.4) is 0 Å². The Morgan fingerprint density at radius 3 is 2.81 bits per heavy atom. The van der Waals surface area contributed by atoms with Gasteiger partial charge in [-0.15, -0.1) is 0 Å². The van der Waals surface area contributed by atoms with Crippen LogP contribution in [0.15, 0.2) is 36.5 Å². The number of benzene rings is 1. The lowest BCUT2D eigenvalue weighted by Crippen LogP contribution is -2.47. The number of methoxy groups -OCH3 is 1. The number of imidazole rings is 1. The number of likely N-dealkylation sites (tertiary alicyclic amines) is 1. The first-order valence-electron chi connectivity index (χ1n) is 11.8. The molecule has 32 heavy (non-hydrogen) atoms. The number of piperidine rings is 1. The molecule has 3 heterocycles. The van der Waals surface area contributed by atoms with Gasteiger partial charge in [0, 0.05) is 36.8 Å². The highest BCUT2D eigenvalue weighted by molar-refractivity contribution is 5.81. The molecule has 0 amide bonds. The van der Waals surface area contributed by atoms with Crippen molar-refractivity contribution in [3.8, 4) is 5.75 Å². The van der Waals surface area contributed by atoms with Gasteiger partial charge in [-0.05, 0) is 68.8 Å². The van der Waals surface area contributed by atoms with Crippen molar-refractivity contribution in [1.29, 1.82) is 0 Å². The average Bonchev–Trinajstić information content (AvgIpc) is 3.18. The molecule has 2 aromatic heterocycles. The summed E-state index contributed by atoms with van der Waals surface area (Å²) in [6.45, 7) is 3.01. The van der Waals surface area contributed by atoms with E-state index in [2.05, 4.69) is 14.9 Å². The van der Waals surface area contributed by atoms with E-state index in [1.54, 1.807) is 7.11 Å². The number of carbonyl (C=O) groups is 1. The molecule has 0 bridgehead atoms. The molecule has 6 nitrogen and oxygen atoms in total. The summed E-state index contributed by atoms with van der Waals surface area (Å²) in [5, 5.41) is 0. The van der Waals surface area contributed by atoms with E-state index < -0.39 is 0 Å². The molecule has 0 spiro atoms. The lowest BCUT2D eigenvalue weighted by atomic mass is 9.82. The van der Waals surface area contributed by atoms with Crippen molar-refractivity contribution in [3.05, 3.63) is 53.6 Å². The zero-order valence-electron chi connectivity index (χ0n) is 19.0. The largest absolute Gasteiger partial charge is 0.497 e. The molecule has 2 atom stereocenters. The lowest BCUT2D eigenvalue weighted by molar-refractivity contribution is -0.120. The molecule has 1 saturated carbocycles. The van der Waals surface area contributed by atoms with Crippen LogP contribution in [0.2, 0.25) is 0 Å². The molecule has 0 radical (unpaired) electrons. The van der Waals surface area contributed by atoms with Crippen molar-refractivity contribution >= 4 is 16.8 Å². The number of ether oxygens (including phenoxy) is 1. The molecule has 168 valence electrons. The molecule has 2 aliphatic rings. The third-order valence-electron chi connectivity index (χ3n) is 7.21. The number of nitrogens with zero attached hydrogens (tertiary/aromatic N) is 3. The van der Waals surface area contributed by atoms with Gasteiger partial charge in [-0.1, -0.05) is 12.5 Å². The number of aromatic amines is 1. The molecule has 5 rings (SSSR count). The maximum absolute atomic E-state index is 12.8. The third kappa shape index (κ3) is 4.42. The highest BCUT2D eigenvalue weighted by atomic mass is 16.5. The number of nitrogens with one attached hydrogen (secondary N) is 1. The van der Waals surface area contributed by atoms with Crippen LogP contribution in [0.4, 0.5) is 0 Å². The normalized spacial score (nSPS) is 22.1. The van der Waals surface area contributed by atoms with Crippen molar-refractivity contribution in [2.45, 2.75) is 64.0 Å². The minimum Gasteiger partial charge on any atom is -0.497 e. The molecular formula is C26H32N4O2. The molecule has 6 heteroatoms. The number of H-pyrrole nitrogens is 1. The molecule has 1 aromatic carbocycles. The van der Waals surface area contributed by atoms with Crippen molar-refractivity contribution < 1.29 is 9.53 Å². The Morgan fingerprint density at radius 2 is 2.09 bits per heavy atom. The highest BCUT2D eigenvalue weighted by Crippen LogP contribution is 2.41. The van der Waals surface area contributed by atoms with E-state index in [4.69, 9.17) is 9.72 Å². The molecular weight excluding hydrogens is 400 g/mol. The standard InChI is InChI=1S/C26H32N4O2/c1-17-6-7-19(16-27-17)13-21(31)12-18-10-11-30(20-4-3-5-20)25(14-18)26-28-23-9-8-22(32-2)15-24(23)29-26/h6-9,15-16,18,20,25H,3-5,10-14H2,1-2H3,(H,28,29)/t18-,25+/m0/s1. The summed E-state index contributed by atoms with van der Waals surface area (Å²) in [4.78, 5) is 28.3. The van der Waals surface area contributed by atoms with Gasteiger partial charge in [0.15, 0.2) is 0 Å². The number of hydrogen-bond acceptors (Lipinski definition) is 5. The molecule has 1 aliphatic carbocycles. The van der Waals surface area contributed by atoms with Gasteiger partial charge in [0.25, 0.3) is 0 Å². The van der Waals surface area contributed by atoms with Crippen molar-refractivity contribution in [2.75, 3.05) is 13.7 Å². The number of pyridine rings is 1. The summed E-state index contributed by atoms with van der Waals surface area (Å²) in [7, 11) is 1.69. The fraction of sp³-hybridized carbons (Fsp3) is 0.500. The summed E-state index contributed by atoms with van der Waals surface area (Å²) < 4.78 is 5.38. The van der Waals surface area contributed by atoms with E-state index in [1.807, 2.05) is 43.5 Å². The SMILES string of the molecule is COc1ccc2nc([C@H]3C[C@H](CC(=O)Cc4ccc(C)nc4)CCN3C3CCC3)[nH]c2c1. The monoisotopic (exact) mass is 432 g/mol. The first-order chi connectivity index (χ1) is 15.6. The summed E-state index contributed by atoms with van der Waals surface area (Å²) in [6, 6.07) is 10.9. The minimum atomic E-state index is 0.242. The van der Waals surface area contributed by atoms with E-state index in [0.717, 1.165) is 53.3 Å². The molecule has 1 saturated heterocycles. The smallest absolute Gasteiger partial charge is 0.137 e. The van der Waals surface area contributed by atoms with Gasteiger partial charge in [0.2, 0.25) is 0 Å². The Hall–Kier alpha value is -2.73. The number of fused-ring (bicyclic) bond motifs is 1. The summed E-state index contributed by atoms with van der Waals surface area (Å²) in [5.41, 5.74) is 3.98. The molecule has 0 unspecified atom stereocenters. The van der Waals surface area contributed by atoms with Crippen LogP contribution in [0, 0.1) is 12.8 Å². The molecule has 1 aliphatic heterocycles. The van der Waals surface area contributed by atoms with Crippen LogP contribution in [0.5, 0.6) is 5.75 Å². The van der Waals surface area contributed by atoms with E-state index in [1.165, 1.54) is 19.3 Å². The minimum absolute atomic E-state index is 0.242. The third-order valence-corrected chi connectivity index (χ3v) is 7.21. The number of carbonyl (C=O) groups excluding carboxylic acids is 1. The summed E-state index contributed by atoms with van der Waals surface area (Å²) in [5.74, 6) is 2.57. The average molecular weight is 433 g/mol. The summed E-state index contributed by atoms with van der Waals surface area (Å²) in [6.07, 6.45) is 8.87. The Bertz CT molecular complexity index is 1090. The van der Waals surface area contributed by atoms with Crippen LogP contribution in [0.25, 0.3) is 11.0 Å². The van der Waals surface area contributed by atoms with E-state index in [-0.39, 0.29) is 6.04 Å². The van der Waals surface area contributed by atoms with Crippen LogP contribution in [-0.4, -0.2) is 45.3 Å². The van der Waals surface area contributed by atoms with Gasteiger partial charge in [-0.3, -0.25) is 14.7 Å². The maximum Gasteiger partial charge on any atom is 0.137 e. The second-order valence-corrected chi connectivity index (χ2v) is 9.46. The van der Waals surface area contributed by atoms with E-state index in [9.17, 15) is 4.79 Å². The lowest BCUT2D eigenvalue weighted by Gasteiger charge is -2.46. The predicted octanol–water partition coefficient (Wildman–Crippen LogP) is 4.78. The molecule has 1 N–H and O–H groups in total. The van der Waals surface area contributed by atoms with E-state index >= 15 is 0 Å². The predicted molar refractivity (Wildman–Crippen MR) is 125 cm³/mol. The summed E-state index contributed by atoms with van der Waals surface area (Å²) >= 11 is 0. The van der Waals surface area contributed by atoms with Crippen LogP contribution >= 0.6 is 0 Å². The fourth-order valence-corrected chi connectivity index (χ4v) is 5.18. The Morgan fingerprint density at radius 1 is 1.22 bits per heavy atom. The van der Waals surface area contributed by atoms with Crippen molar-refractivity contribution in [2.24, 2.45) is 5.92 Å². The van der Waals surface area contributed by atoms with E-state index in [0.29, 0.717) is 30.6 Å². The van der Waals surface area contributed by atoms with Gasteiger partial charge in [-0.2, -0.15) is 0 Å². The van der Waals surface area contributed by atoms with Crippen LogP contribution in [-0.2, 0) is 11.2 Å². The molecule has 2 fully saturated rings. The number of aryl methyl sites for hydroxylation is 1. The zero-order valence-corrected chi connectivity index (χ0v) is 19.0. The Labute approximate surface area is 189 Å². The van der Waals surface area contributed by atoms with Gasteiger partial charge in [-0.25, -0.2) is 4.98 Å². The topological polar surface area (TPSA) is 71.1 Å². The number of Topliss-reactive ketones (excluding diaryl/α,β-unsaturated/α-hetero) is 1. The maximum atomic E-state index is 12.8. The number of hydrogen-bond donors (Lipinski definition) is 1. The second kappa shape index (κ2) is 9.02. The quantitative estimate of drug-likeness (QED) is 0.582. The molecule has 3 aromatic rings. The van der Waals surface area contributed by atoms with Crippen molar-refractivity contribution in [3.63, 3.8) is 0 Å². The number of ketones is 1. The first-order valence-corrected chi connectivity index (χ1v) is 11.8. The Kier molecular flexibility index (Phi) is 5.96. The van der Waals surface area contributed by atoms with Gasteiger partial charge in [0.1, 0.15) is 17.4 Å². The van der Waals surface area contributed by atoms with Gasteiger partial charge >= 0.3 is 0 Å². The number of aromatic nitrogens is 3. The first kappa shape index (κ1) is 21.1. The highest BCUT2D eigenvalue weighted by Gasteiger charge is 2.38. The second-order valence-electron chi connectivity index (χ2n) is 9.46.